The topological polar surface area (TPSA) is 110 Å². The maximum Gasteiger partial charge on any atom is 0.322 e. The van der Waals surface area contributed by atoms with Crippen LogP contribution < -0.4 is 15.4 Å². The van der Waals surface area contributed by atoms with E-state index in [-0.39, 0.29) is 18.5 Å². The molecule has 0 saturated carbocycles. The van der Waals surface area contributed by atoms with Crippen molar-refractivity contribution >= 4 is 23.3 Å². The smallest absolute Gasteiger partial charge is 0.322 e. The van der Waals surface area contributed by atoms with Gasteiger partial charge in [-0.2, -0.15) is 4.98 Å². The molecule has 0 fully saturated rings. The van der Waals surface area contributed by atoms with Crippen LogP contribution in [-0.4, -0.2) is 40.6 Å². The molecule has 0 aliphatic carbocycles. The summed E-state index contributed by atoms with van der Waals surface area (Å²) in [6.07, 6.45) is 0.666. The van der Waals surface area contributed by atoms with Crippen molar-refractivity contribution in [3.05, 3.63) is 29.9 Å². The van der Waals surface area contributed by atoms with Crippen LogP contribution in [-0.2, 0) is 17.8 Å². The van der Waals surface area contributed by atoms with Crippen LogP contribution in [0.1, 0.15) is 32.5 Å². The largest absolute Gasteiger partial charge is 0.495 e. The van der Waals surface area contributed by atoms with E-state index >= 15 is 0 Å². The van der Waals surface area contributed by atoms with Gasteiger partial charge < -0.3 is 24.8 Å². The third kappa shape index (κ3) is 4.95. The van der Waals surface area contributed by atoms with Gasteiger partial charge in [0.1, 0.15) is 12.3 Å². The first-order chi connectivity index (χ1) is 12.5. The Morgan fingerprint density at radius 2 is 2.04 bits per heavy atom. The molecule has 0 aliphatic rings. The zero-order valence-corrected chi connectivity index (χ0v) is 15.3. The Hall–Kier alpha value is -3.10. The molecule has 3 amide bonds. The minimum Gasteiger partial charge on any atom is -0.495 e. The summed E-state index contributed by atoms with van der Waals surface area (Å²) in [5.41, 5.74) is 1.00. The van der Waals surface area contributed by atoms with Gasteiger partial charge in [-0.15, -0.1) is 0 Å². The van der Waals surface area contributed by atoms with Gasteiger partial charge in [-0.3, -0.25) is 4.79 Å². The van der Waals surface area contributed by atoms with E-state index in [4.69, 9.17) is 9.26 Å². The third-order valence-electron chi connectivity index (χ3n) is 3.58. The molecule has 140 valence electrons. The van der Waals surface area contributed by atoms with Crippen molar-refractivity contribution in [1.82, 2.24) is 15.0 Å². The summed E-state index contributed by atoms with van der Waals surface area (Å²) < 4.78 is 10.3. The number of urea groups is 1. The fraction of sp³-hybridized carbons (Fsp3) is 0.412. The number of methoxy groups -OCH3 is 1. The van der Waals surface area contributed by atoms with Crippen LogP contribution in [0.25, 0.3) is 0 Å². The molecular formula is C17H23N5O4. The second-order valence-electron chi connectivity index (χ2n) is 5.50. The normalized spacial score (nSPS) is 10.3. The minimum absolute atomic E-state index is 0.212. The van der Waals surface area contributed by atoms with Crippen molar-refractivity contribution in [2.75, 3.05) is 24.3 Å². The van der Waals surface area contributed by atoms with Crippen LogP contribution in [0, 0.1) is 0 Å². The first-order valence-electron chi connectivity index (χ1n) is 8.29. The number of carbonyl (C=O) groups excluding carboxylic acids is 2. The molecule has 0 radical (unpaired) electrons. The van der Waals surface area contributed by atoms with Gasteiger partial charge in [0.2, 0.25) is 11.8 Å². The highest BCUT2D eigenvalue weighted by Gasteiger charge is 2.17. The van der Waals surface area contributed by atoms with E-state index in [2.05, 4.69) is 20.8 Å². The SMILES string of the molecule is CCc1noc(CN(CC)C(=O)Nc2ccc(OC)c(NC(C)=O)c2)n1. The number of rotatable bonds is 7. The van der Waals surface area contributed by atoms with Crippen molar-refractivity contribution < 1.29 is 18.8 Å². The molecule has 1 aromatic carbocycles. The van der Waals surface area contributed by atoms with E-state index in [1.165, 1.54) is 18.9 Å². The molecule has 2 aromatic rings. The number of carbonyl (C=O) groups is 2. The molecule has 2 N–H and O–H groups in total. The maximum absolute atomic E-state index is 12.5. The van der Waals surface area contributed by atoms with E-state index in [9.17, 15) is 9.59 Å². The third-order valence-corrected chi connectivity index (χ3v) is 3.58. The fourth-order valence-electron chi connectivity index (χ4n) is 2.26. The predicted octanol–water partition coefficient (Wildman–Crippen LogP) is 2.65. The molecule has 9 nitrogen and oxygen atoms in total. The first-order valence-corrected chi connectivity index (χ1v) is 8.29. The molecule has 1 aromatic heterocycles. The molecule has 2 rings (SSSR count). The molecule has 0 aliphatic heterocycles. The van der Waals surface area contributed by atoms with E-state index in [0.717, 1.165) is 0 Å². The fourth-order valence-corrected chi connectivity index (χ4v) is 2.26. The van der Waals surface area contributed by atoms with Gasteiger partial charge in [0.05, 0.1) is 12.8 Å². The van der Waals surface area contributed by atoms with E-state index in [1.54, 1.807) is 18.2 Å². The van der Waals surface area contributed by atoms with Crippen molar-refractivity contribution in [1.29, 1.82) is 0 Å². The standard InChI is InChI=1S/C17H23N5O4/c1-5-15-20-16(26-21-15)10-22(6-2)17(24)19-12-7-8-14(25-4)13(9-12)18-11(3)23/h7-9H,5-6,10H2,1-4H3,(H,18,23)(H,19,24). The number of amides is 3. The predicted molar refractivity (Wildman–Crippen MR) is 96.1 cm³/mol. The van der Waals surface area contributed by atoms with Gasteiger partial charge in [-0.25, -0.2) is 4.79 Å². The molecule has 1 heterocycles. The highest BCUT2D eigenvalue weighted by molar-refractivity contribution is 5.94. The maximum atomic E-state index is 12.5. The number of ether oxygens (including phenoxy) is 1. The Balaban J connectivity index is 2.09. The zero-order chi connectivity index (χ0) is 19.1. The lowest BCUT2D eigenvalue weighted by atomic mass is 10.2. The number of aromatic nitrogens is 2. The summed E-state index contributed by atoms with van der Waals surface area (Å²) in [7, 11) is 1.51. The number of hydrogen-bond acceptors (Lipinski definition) is 6. The lowest BCUT2D eigenvalue weighted by Crippen LogP contribution is -2.34. The van der Waals surface area contributed by atoms with Gasteiger partial charge in [0, 0.05) is 25.6 Å². The van der Waals surface area contributed by atoms with Crippen LogP contribution in [0.3, 0.4) is 0 Å². The van der Waals surface area contributed by atoms with Crippen molar-refractivity contribution in [2.24, 2.45) is 0 Å². The Labute approximate surface area is 151 Å². The number of hydrogen-bond donors (Lipinski definition) is 2. The summed E-state index contributed by atoms with van der Waals surface area (Å²) in [5.74, 6) is 1.26. The van der Waals surface area contributed by atoms with Gasteiger partial charge in [0.15, 0.2) is 5.82 Å². The Morgan fingerprint density at radius 3 is 2.62 bits per heavy atom. The molecule has 0 atom stereocenters. The summed E-state index contributed by atoms with van der Waals surface area (Å²) in [4.78, 5) is 29.6. The highest BCUT2D eigenvalue weighted by atomic mass is 16.5. The average Bonchev–Trinajstić information content (AvgIpc) is 3.07. The quantitative estimate of drug-likeness (QED) is 0.784. The molecule has 0 spiro atoms. The molecule has 9 heteroatoms. The number of aryl methyl sites for hydroxylation is 1. The van der Waals surface area contributed by atoms with Crippen molar-refractivity contribution in [2.45, 2.75) is 33.7 Å². The molecule has 0 saturated heterocycles. The monoisotopic (exact) mass is 361 g/mol. The lowest BCUT2D eigenvalue weighted by Gasteiger charge is -2.20. The summed E-state index contributed by atoms with van der Waals surface area (Å²) >= 11 is 0. The summed E-state index contributed by atoms with van der Waals surface area (Å²) in [6, 6.07) is 4.68. The Bertz CT molecular complexity index is 774. The van der Waals surface area contributed by atoms with Crippen LogP contribution >= 0.6 is 0 Å². The summed E-state index contributed by atoms with van der Waals surface area (Å²) in [5, 5.41) is 9.28. The summed E-state index contributed by atoms with van der Waals surface area (Å²) in [6.45, 7) is 5.86. The van der Waals surface area contributed by atoms with Crippen molar-refractivity contribution in [3.8, 4) is 5.75 Å². The molecule has 0 bridgehead atoms. The van der Waals surface area contributed by atoms with Crippen LogP contribution in [0.4, 0.5) is 16.2 Å². The van der Waals surface area contributed by atoms with E-state index in [0.29, 0.717) is 41.8 Å². The Morgan fingerprint density at radius 1 is 1.27 bits per heavy atom. The molecule has 0 unspecified atom stereocenters. The zero-order valence-electron chi connectivity index (χ0n) is 15.3. The molecule has 26 heavy (non-hydrogen) atoms. The van der Waals surface area contributed by atoms with Crippen LogP contribution in [0.5, 0.6) is 5.75 Å². The van der Waals surface area contributed by atoms with Crippen LogP contribution in [0.15, 0.2) is 22.7 Å². The second kappa shape index (κ2) is 8.84. The number of nitrogens with one attached hydrogen (secondary N) is 2. The van der Waals surface area contributed by atoms with Gasteiger partial charge in [0.25, 0.3) is 0 Å². The van der Waals surface area contributed by atoms with E-state index < -0.39 is 0 Å². The first kappa shape index (κ1) is 19.2. The van der Waals surface area contributed by atoms with Gasteiger partial charge in [-0.1, -0.05) is 12.1 Å². The molecular weight excluding hydrogens is 338 g/mol. The Kier molecular flexibility index (Phi) is 6.54. The highest BCUT2D eigenvalue weighted by Crippen LogP contribution is 2.28. The number of anilines is 2. The minimum atomic E-state index is -0.317. The lowest BCUT2D eigenvalue weighted by molar-refractivity contribution is -0.114. The number of nitrogens with zero attached hydrogens (tertiary/aromatic N) is 3. The van der Waals surface area contributed by atoms with Crippen molar-refractivity contribution in [3.63, 3.8) is 0 Å². The van der Waals surface area contributed by atoms with Gasteiger partial charge in [-0.05, 0) is 25.1 Å². The van der Waals surface area contributed by atoms with E-state index in [1.807, 2.05) is 13.8 Å². The number of benzene rings is 1. The van der Waals surface area contributed by atoms with Crippen LogP contribution in [0.2, 0.25) is 0 Å². The second-order valence-corrected chi connectivity index (χ2v) is 5.50. The van der Waals surface area contributed by atoms with Gasteiger partial charge >= 0.3 is 6.03 Å². The average molecular weight is 361 g/mol.